The van der Waals surface area contributed by atoms with E-state index in [1.165, 1.54) is 61.2 Å². The third-order valence-electron chi connectivity index (χ3n) is 23.4. The molecule has 7 aliphatic heterocycles. The normalized spacial score (nSPS) is 33.1. The number of morpholine rings is 1. The number of aliphatic hydroxyl groups excluding tert-OH is 22. The molecule has 0 aromatic carbocycles. The Bertz CT molecular complexity index is 3570. The Morgan fingerprint density at radius 3 is 1.21 bits per heavy atom. The Labute approximate surface area is 865 Å². The summed E-state index contributed by atoms with van der Waals surface area (Å²) in [5, 5.41) is 243. The van der Waals surface area contributed by atoms with Crippen LogP contribution < -0.4 is 70.3 Å². The largest absolute Gasteiger partial charge is 1.00 e. The van der Waals surface area contributed by atoms with Gasteiger partial charge in [0.05, 0.1) is 156 Å². The third kappa shape index (κ3) is 43.2. The van der Waals surface area contributed by atoms with E-state index in [0.29, 0.717) is 88.5 Å². The molecule has 7 fully saturated rings. The summed E-state index contributed by atoms with van der Waals surface area (Å²) in [6.45, 7) is 9.03. The molecule has 1 aromatic heterocycles. The molecule has 27 N–H and O–H groups in total. The van der Waals surface area contributed by atoms with Crippen LogP contribution in [0.3, 0.4) is 0 Å². The van der Waals surface area contributed by atoms with E-state index in [1.807, 2.05) is 6.26 Å². The van der Waals surface area contributed by atoms with Crippen LogP contribution in [0.15, 0.2) is 0 Å². The van der Waals surface area contributed by atoms with E-state index in [0.717, 1.165) is 20.2 Å². The fraction of sp³-hybridized carbons (Fsp3) is 0.919. The van der Waals surface area contributed by atoms with E-state index < -0.39 is 283 Å². The Morgan fingerprint density at radius 2 is 0.854 bits per heavy atom. The first kappa shape index (κ1) is 136. The Kier molecular flexibility index (Phi) is 68.7. The van der Waals surface area contributed by atoms with E-state index in [4.69, 9.17) is 107 Å². The van der Waals surface area contributed by atoms with Gasteiger partial charge in [-0.05, 0) is 64.9 Å². The first-order valence-electron chi connectivity index (χ1n) is 46.6. The van der Waals surface area contributed by atoms with Crippen LogP contribution in [-0.2, 0) is 109 Å². The van der Waals surface area contributed by atoms with E-state index >= 15 is 0 Å². The standard InChI is InChI=1S/C36H66N2O22.C20H41NO12.C16H27NO11.C10H17N4O3.C2H6S.2CH4.Na/c1-16-22(38-17(2)40)31(26(46)20(13-39)57-16)59-36-30(50)28(48)32(53-4)33(60-36)34(51)37-8-10-55-12-11-54-9-6-5-7-18(41)23(43)24(44)19(42)14-56-35-29(49)27(47)25(45)21(58-35)15-52-3;1-29-11-14-17(26)18(27)19(28)20(33-14)32-10-13(23)16(25)15(24)12(22)4-2-3-6-30-8-9-31-7-5-21;1-5-8(17-6(2)19)12(9(20)7(4-18)26-5)27-16-11(22)10(21)13(25-3)14(28-16)15(23)24;1-14(4-6-17-7-5-14)8-11-9(15-2)13-10(12-8)16-3;1-3-2;;;/h16,18-33,35-36,39,41-50H,5-15H2,1-4H3,(H,37,51)(H,38,40);12-20,22-28H,2-11,21H2,1H3;5,7-14,16,18,20-22H,4H2,1-3H3,(H,17,19)(H,23,24);4-7H2,1-3H3;1-2H3;2*1H4;/q;;;+1;;;;+1/p-1/t16-,18?,19?,20?,21?,22?,23-,24-,25-,26-,27+,28-,29?,30?,31-,32+,33?,35+,36-;12?,13?,14?,15-,16-,17-,18+,19?,20+;5-,7?,8?,9-,10-,11?,12-,13+,14?,16-;;;;;/m111...../s1/i;;;;1D;;;. The second kappa shape index (κ2) is 72.7. The minimum Gasteiger partial charge on any atom is -0.547 e. The SMILES string of the molecule is C.C.COCC1O[C@H](OCC(O)[C@@H](O)[C@H](O)C(O)CCCCOCCOCCN)C(O)[C@@H](O)[C@@H]1O.COCC1O[C@H](OCC(O)[C@@H](O)[C@H](O)C(O)CCCCOCCOCCNC(=O)C2O[C@@H](O[C@@H]3C(NC(C)=O)[C@@H](C)OC(CO)[C@H]3O)C(O)[C@@H](O)[C@@H]2OC)C(O)[C@@H](O)[C@@H]1O.CO[C@@H]1C(C(=O)[O-])O[C@@H](O[C@@H]2C(NC(C)=O)[C@@H](C)OC(CO)[C@H]2O)C(O)[C@H]1O.COc1nc(OC)nc([N+]2(C)CCOCC2)n1.[2H]CSC.[Na+]. The van der Waals surface area contributed by atoms with Crippen molar-refractivity contribution >= 4 is 41.4 Å². The van der Waals surface area contributed by atoms with Gasteiger partial charge < -0.3 is 243 Å². The van der Waals surface area contributed by atoms with Crippen molar-refractivity contribution in [1.82, 2.24) is 35.4 Å². The number of aliphatic carboxylic acids is 1. The van der Waals surface area contributed by atoms with Gasteiger partial charge in [-0.1, -0.05) is 14.9 Å². The van der Waals surface area contributed by atoms with Gasteiger partial charge in [-0.25, -0.2) is 0 Å². The van der Waals surface area contributed by atoms with Crippen LogP contribution in [0.4, 0.5) is 5.95 Å². The van der Waals surface area contributed by atoms with E-state index in [1.54, 1.807) is 13.8 Å². The third-order valence-corrected chi connectivity index (χ3v) is 23.4. The molecule has 8 heterocycles. The Balaban J connectivity index is 0.00000104. The number of methoxy groups -OCH3 is 6. The Morgan fingerprint density at radius 1 is 0.486 bits per heavy atom. The minimum atomic E-state index is -1.83. The predicted octanol–water partition coefficient (Wildman–Crippen LogP) is -16.9. The molecule has 144 heavy (non-hydrogen) atoms. The number of carboxylic acid groups (broad SMARTS) is 1. The van der Waals surface area contributed by atoms with Gasteiger partial charge >= 0.3 is 47.5 Å². The zero-order valence-electron chi connectivity index (χ0n) is 83.3. The number of amides is 3. The van der Waals surface area contributed by atoms with Crippen LogP contribution in [0.2, 0.25) is 0 Å². The number of ether oxygens (including phenoxy) is 21. The van der Waals surface area contributed by atoms with Crippen molar-refractivity contribution in [3.63, 3.8) is 0 Å². The number of hydrogen-bond donors (Lipinski definition) is 26. The molecule has 56 nitrogen and oxygen atoms in total. The number of quaternary nitrogens is 1. The molecule has 58 heteroatoms. The fourth-order valence-electron chi connectivity index (χ4n) is 15.3. The summed E-state index contributed by atoms with van der Waals surface area (Å²) in [4.78, 5) is 60.4. The molecule has 0 radical (unpaired) electrons. The maximum Gasteiger partial charge on any atom is 1.00 e. The zero-order chi connectivity index (χ0) is 106. The van der Waals surface area contributed by atoms with Crippen LogP contribution in [0, 0.1) is 0 Å². The number of thioether (sulfide) groups is 1. The smallest absolute Gasteiger partial charge is 0.547 e. The number of carboxylic acids is 1. The zero-order valence-corrected chi connectivity index (χ0v) is 85.1. The Hall–Kier alpha value is -3.88. The number of likely N-dealkylation sites (N-methyl/N-ethyl adjacent to an activating group) is 1. The summed E-state index contributed by atoms with van der Waals surface area (Å²) in [5.74, 6) is -2.71. The number of nitrogens with two attached hydrogens (primary N) is 1. The number of carbonyl (C=O) groups excluding carboxylic acids is 4. The van der Waals surface area contributed by atoms with E-state index in [-0.39, 0.29) is 115 Å². The van der Waals surface area contributed by atoms with Crippen LogP contribution >= 0.6 is 11.8 Å². The van der Waals surface area contributed by atoms with E-state index in [2.05, 4.69) is 37.9 Å². The van der Waals surface area contributed by atoms with Crippen molar-refractivity contribution in [2.45, 2.75) is 314 Å². The van der Waals surface area contributed by atoms with Gasteiger partial charge in [-0.3, -0.25) is 18.9 Å². The van der Waals surface area contributed by atoms with Crippen LogP contribution in [0.25, 0.3) is 0 Å². The van der Waals surface area contributed by atoms with Crippen LogP contribution in [0.1, 0.15) is 82.4 Å². The van der Waals surface area contributed by atoms with Crippen molar-refractivity contribution < 1.29 is 267 Å². The average Bonchev–Trinajstić information content (AvgIpc) is 0.773. The molecular weight excluding hydrogens is 1970 g/mol. The molecule has 0 bridgehead atoms. The molecule has 0 aliphatic carbocycles. The first-order valence-corrected chi connectivity index (χ1v) is 47.3. The van der Waals surface area contributed by atoms with Gasteiger partial charge in [0.2, 0.25) is 11.8 Å². The summed E-state index contributed by atoms with van der Waals surface area (Å²) in [7, 11) is 10.2. The van der Waals surface area contributed by atoms with Gasteiger partial charge in [0, 0.05) is 70.0 Å². The second-order valence-corrected chi connectivity index (χ2v) is 34.6. The summed E-state index contributed by atoms with van der Waals surface area (Å²) in [5.41, 5.74) is 5.29. The number of nitrogens with one attached hydrogen (secondary N) is 3. The van der Waals surface area contributed by atoms with Crippen LogP contribution in [-0.4, -0.2) is 578 Å². The molecular formula is C86H164N8NaO48S+. The summed E-state index contributed by atoms with van der Waals surface area (Å²) in [6.07, 6.45) is -47.8. The molecule has 0 saturated carbocycles. The molecule has 7 saturated heterocycles. The molecule has 38 atom stereocenters. The average molecular weight is 2130 g/mol. The number of nitrogens with zero attached hydrogens (tertiary/aromatic N) is 4. The maximum atomic E-state index is 13.1. The molecule has 7 aliphatic rings. The number of carbonyl (C=O) groups is 4. The first-order chi connectivity index (χ1) is 67.4. The van der Waals surface area contributed by atoms with Crippen molar-refractivity contribution in [3.8, 4) is 12.0 Å². The molecule has 0 spiro atoms. The summed E-state index contributed by atoms with van der Waals surface area (Å²) < 4.78 is 118. The monoisotopic (exact) mass is 2130 g/mol. The summed E-state index contributed by atoms with van der Waals surface area (Å²) in [6, 6.07) is -1.31. The van der Waals surface area contributed by atoms with Gasteiger partial charge in [0.25, 0.3) is 5.91 Å². The van der Waals surface area contributed by atoms with Crippen LogP contribution in [0.5, 0.6) is 12.0 Å². The summed E-state index contributed by atoms with van der Waals surface area (Å²) >= 11 is 1.52. The molecule has 16 unspecified atom stereocenters. The fourth-order valence-corrected chi connectivity index (χ4v) is 15.3. The number of aromatic nitrogens is 3. The topological polar surface area (TPSA) is 831 Å². The van der Waals surface area contributed by atoms with Crippen molar-refractivity contribution in [3.05, 3.63) is 0 Å². The molecule has 842 valence electrons. The second-order valence-electron chi connectivity index (χ2n) is 34.0. The molecule has 8 rings (SSSR count). The van der Waals surface area contributed by atoms with Gasteiger partial charge in [0.1, 0.15) is 178 Å². The van der Waals surface area contributed by atoms with E-state index in [9.17, 15) is 137 Å². The number of aliphatic hydroxyl groups is 22. The number of unbranched alkanes of at least 4 members (excludes halogenated alkanes) is 2. The number of rotatable bonds is 52. The van der Waals surface area contributed by atoms with Crippen molar-refractivity contribution in [2.75, 3.05) is 194 Å². The minimum absolute atomic E-state index is 0. The predicted molar refractivity (Wildman–Crippen MR) is 492 cm³/mol. The molecule has 1 aromatic rings. The van der Waals surface area contributed by atoms with Crippen molar-refractivity contribution in [1.29, 1.82) is 0 Å². The molecule has 3 amide bonds. The van der Waals surface area contributed by atoms with Gasteiger partial charge in [-0.2, -0.15) is 11.8 Å². The van der Waals surface area contributed by atoms with Gasteiger partial charge in [0.15, 0.2) is 31.3 Å². The maximum absolute atomic E-state index is 13.1. The van der Waals surface area contributed by atoms with Gasteiger partial charge in [-0.15, -0.1) is 15.0 Å². The van der Waals surface area contributed by atoms with Crippen molar-refractivity contribution in [2.24, 2.45) is 5.73 Å². The quantitative estimate of drug-likeness (QED) is 0.0164. The number of hydrogen-bond acceptors (Lipinski definition) is 53.